The van der Waals surface area contributed by atoms with Gasteiger partial charge in [0.05, 0.1) is 0 Å². The summed E-state index contributed by atoms with van der Waals surface area (Å²) in [6, 6.07) is 0.378. The summed E-state index contributed by atoms with van der Waals surface area (Å²) in [5.41, 5.74) is 2.19. The lowest BCUT2D eigenvalue weighted by Crippen LogP contribution is -2.40. The molecule has 2 fully saturated rings. The second-order valence-corrected chi connectivity index (χ2v) is 5.09. The Morgan fingerprint density at radius 3 is 2.62 bits per heavy atom. The Morgan fingerprint density at radius 1 is 1.50 bits per heavy atom. The second-order valence-electron chi connectivity index (χ2n) is 5.09. The molecule has 1 atom stereocenters. The first-order valence-electron chi connectivity index (χ1n) is 6.41. The van der Waals surface area contributed by atoms with Crippen molar-refractivity contribution in [3.05, 3.63) is 11.1 Å². The number of carbonyl (C=O) groups excluding carboxylic acids is 1. The predicted molar refractivity (Wildman–Crippen MR) is 65.1 cm³/mol. The quantitative estimate of drug-likeness (QED) is 0.694. The van der Waals surface area contributed by atoms with Crippen LogP contribution >= 0.6 is 0 Å². The van der Waals surface area contributed by atoms with Gasteiger partial charge in [-0.15, -0.1) is 0 Å². The average Bonchev–Trinajstić information content (AvgIpc) is 2.97. The number of nitrogens with one attached hydrogen (secondary N) is 2. The molecule has 2 rings (SSSR count). The van der Waals surface area contributed by atoms with Crippen molar-refractivity contribution in [2.45, 2.75) is 45.6 Å². The van der Waals surface area contributed by atoms with Crippen molar-refractivity contribution in [1.29, 1.82) is 0 Å². The third kappa shape index (κ3) is 2.85. The predicted octanol–water partition coefficient (Wildman–Crippen LogP) is 1.60. The summed E-state index contributed by atoms with van der Waals surface area (Å²) in [6.07, 6.45) is 4.93. The molecule has 0 radical (unpaired) electrons. The zero-order valence-corrected chi connectivity index (χ0v) is 10.3. The van der Waals surface area contributed by atoms with Crippen LogP contribution in [0.5, 0.6) is 0 Å². The fraction of sp³-hybridized carbons (Fsp3) is 0.769. The topological polar surface area (TPSA) is 41.1 Å². The molecule has 1 saturated heterocycles. The van der Waals surface area contributed by atoms with Gasteiger partial charge in [-0.1, -0.05) is 19.8 Å². The average molecular weight is 222 g/mol. The lowest BCUT2D eigenvalue weighted by Gasteiger charge is -2.23. The Labute approximate surface area is 97.7 Å². The fourth-order valence-electron chi connectivity index (χ4n) is 2.05. The number of hydrogen-bond donors (Lipinski definition) is 2. The van der Waals surface area contributed by atoms with E-state index in [2.05, 4.69) is 17.6 Å². The lowest BCUT2D eigenvalue weighted by atomic mass is 10.0. The van der Waals surface area contributed by atoms with Crippen LogP contribution in [0, 0.1) is 5.92 Å². The van der Waals surface area contributed by atoms with Gasteiger partial charge in [0.2, 0.25) is 5.91 Å². The lowest BCUT2D eigenvalue weighted by molar-refractivity contribution is -0.118. The Morgan fingerprint density at radius 2 is 2.19 bits per heavy atom. The smallest absolute Gasteiger partial charge is 0.247 e. The van der Waals surface area contributed by atoms with Gasteiger partial charge >= 0.3 is 0 Å². The summed E-state index contributed by atoms with van der Waals surface area (Å²) in [6.45, 7) is 5.87. The minimum absolute atomic E-state index is 0.143. The molecule has 0 aromatic rings. The van der Waals surface area contributed by atoms with Gasteiger partial charge in [0.1, 0.15) is 0 Å². The molecule has 1 unspecified atom stereocenters. The molecule has 0 aromatic heterocycles. The fourth-order valence-corrected chi connectivity index (χ4v) is 2.05. The maximum absolute atomic E-state index is 12.0. The van der Waals surface area contributed by atoms with Crippen molar-refractivity contribution >= 4 is 5.91 Å². The van der Waals surface area contributed by atoms with Crippen molar-refractivity contribution in [1.82, 2.24) is 10.6 Å². The maximum Gasteiger partial charge on any atom is 0.247 e. The first-order chi connectivity index (χ1) is 7.70. The van der Waals surface area contributed by atoms with E-state index < -0.39 is 0 Å². The van der Waals surface area contributed by atoms with Crippen LogP contribution in [0.4, 0.5) is 0 Å². The monoisotopic (exact) mass is 222 g/mol. The highest BCUT2D eigenvalue weighted by Gasteiger charge is 2.26. The van der Waals surface area contributed by atoms with Gasteiger partial charge in [0, 0.05) is 24.7 Å². The summed E-state index contributed by atoms with van der Waals surface area (Å²) >= 11 is 0. The van der Waals surface area contributed by atoms with Gasteiger partial charge in [0.25, 0.3) is 0 Å². The molecule has 1 aliphatic carbocycles. The van der Waals surface area contributed by atoms with Crippen molar-refractivity contribution < 1.29 is 4.79 Å². The largest absolute Gasteiger partial charge is 0.350 e. The molecule has 16 heavy (non-hydrogen) atoms. The molecular formula is C13H22N2O. The van der Waals surface area contributed by atoms with Crippen LogP contribution in [-0.4, -0.2) is 25.0 Å². The molecule has 1 heterocycles. The van der Waals surface area contributed by atoms with Gasteiger partial charge in [-0.2, -0.15) is 0 Å². The molecule has 1 amide bonds. The zero-order chi connectivity index (χ0) is 11.5. The van der Waals surface area contributed by atoms with Crippen molar-refractivity contribution in [3.8, 4) is 0 Å². The molecule has 0 bridgehead atoms. The summed E-state index contributed by atoms with van der Waals surface area (Å²) in [4.78, 5) is 12.0. The summed E-state index contributed by atoms with van der Waals surface area (Å²) in [7, 11) is 0. The standard InChI is InChI=1S/C13H22N2O/c1-3-12(6-10-4-5-10)15-13(16)9(2)11-7-14-8-11/h10,12,14H,3-8H2,1-2H3,(H,15,16). The van der Waals surface area contributed by atoms with Crippen LogP contribution in [0.3, 0.4) is 0 Å². The Hall–Kier alpha value is -0.830. The highest BCUT2D eigenvalue weighted by molar-refractivity contribution is 5.94. The van der Waals surface area contributed by atoms with Crippen LogP contribution in [0.15, 0.2) is 11.1 Å². The third-order valence-electron chi connectivity index (χ3n) is 3.69. The second kappa shape index (κ2) is 5.00. The molecule has 0 aromatic carbocycles. The van der Waals surface area contributed by atoms with E-state index in [4.69, 9.17) is 0 Å². The van der Waals surface area contributed by atoms with Gasteiger partial charge in [-0.25, -0.2) is 0 Å². The Balaban J connectivity index is 1.83. The normalized spacial score (nSPS) is 21.2. The minimum Gasteiger partial charge on any atom is -0.350 e. The van der Waals surface area contributed by atoms with Crippen LogP contribution < -0.4 is 10.6 Å². The third-order valence-corrected chi connectivity index (χ3v) is 3.69. The van der Waals surface area contributed by atoms with E-state index in [1.54, 1.807) is 0 Å². The molecular weight excluding hydrogens is 200 g/mol. The van der Waals surface area contributed by atoms with Gasteiger partial charge in [-0.3, -0.25) is 4.79 Å². The highest BCUT2D eigenvalue weighted by atomic mass is 16.1. The van der Waals surface area contributed by atoms with E-state index in [1.807, 2.05) is 6.92 Å². The summed E-state index contributed by atoms with van der Waals surface area (Å²) < 4.78 is 0. The highest BCUT2D eigenvalue weighted by Crippen LogP contribution is 2.34. The van der Waals surface area contributed by atoms with E-state index in [9.17, 15) is 4.79 Å². The number of rotatable bonds is 5. The molecule has 90 valence electrons. The van der Waals surface area contributed by atoms with Crippen molar-refractivity contribution in [2.24, 2.45) is 5.92 Å². The van der Waals surface area contributed by atoms with Crippen LogP contribution in [-0.2, 0) is 4.79 Å². The molecule has 0 spiro atoms. The van der Waals surface area contributed by atoms with E-state index in [1.165, 1.54) is 24.8 Å². The summed E-state index contributed by atoms with van der Waals surface area (Å²) in [5.74, 6) is 1.02. The van der Waals surface area contributed by atoms with Crippen molar-refractivity contribution in [3.63, 3.8) is 0 Å². The molecule has 3 nitrogen and oxygen atoms in total. The van der Waals surface area contributed by atoms with Gasteiger partial charge < -0.3 is 10.6 Å². The number of hydrogen-bond acceptors (Lipinski definition) is 2. The molecule has 2 aliphatic rings. The molecule has 1 aliphatic heterocycles. The van der Waals surface area contributed by atoms with E-state index in [0.717, 1.165) is 31.0 Å². The molecule has 3 heteroatoms. The molecule has 1 saturated carbocycles. The maximum atomic E-state index is 12.0. The first-order valence-corrected chi connectivity index (χ1v) is 6.41. The van der Waals surface area contributed by atoms with Crippen LogP contribution in [0.25, 0.3) is 0 Å². The van der Waals surface area contributed by atoms with Crippen LogP contribution in [0.2, 0.25) is 0 Å². The summed E-state index contributed by atoms with van der Waals surface area (Å²) in [5, 5.41) is 6.33. The van der Waals surface area contributed by atoms with Gasteiger partial charge in [-0.05, 0) is 31.3 Å². The van der Waals surface area contributed by atoms with E-state index >= 15 is 0 Å². The van der Waals surface area contributed by atoms with E-state index in [0.29, 0.717) is 6.04 Å². The van der Waals surface area contributed by atoms with Crippen LogP contribution in [0.1, 0.15) is 39.5 Å². The van der Waals surface area contributed by atoms with E-state index in [-0.39, 0.29) is 5.91 Å². The SMILES string of the molecule is CCC(CC1CC1)NC(=O)C(C)=C1CNC1. The molecule has 2 N–H and O–H groups in total. The zero-order valence-electron chi connectivity index (χ0n) is 10.3. The first kappa shape index (κ1) is 11.6. The van der Waals surface area contributed by atoms with Gasteiger partial charge in [0.15, 0.2) is 0 Å². The Kier molecular flexibility index (Phi) is 3.64. The Bertz CT molecular complexity index is 299. The van der Waals surface area contributed by atoms with Crippen molar-refractivity contribution in [2.75, 3.05) is 13.1 Å². The minimum atomic E-state index is 0.143. The number of amides is 1. The number of carbonyl (C=O) groups is 1.